The Bertz CT molecular complexity index is 1590. The van der Waals surface area contributed by atoms with E-state index in [2.05, 4.69) is 37.5 Å². The van der Waals surface area contributed by atoms with Gasteiger partial charge in [0.15, 0.2) is 0 Å². The van der Waals surface area contributed by atoms with Crippen molar-refractivity contribution in [2.45, 2.75) is 399 Å². The third kappa shape index (κ3) is 38.6. The largest absolute Gasteiger partial charge is 0.462 e. The maximum absolute atomic E-state index is 13.4. The van der Waals surface area contributed by atoms with Gasteiger partial charge in [-0.05, 0) is 150 Å². The Morgan fingerprint density at radius 2 is 0.714 bits per heavy atom. The first-order valence-corrected chi connectivity index (χ1v) is 41.0. The van der Waals surface area contributed by atoms with Crippen LogP contribution in [0.2, 0.25) is 0 Å². The maximum Gasteiger partial charge on any atom is 0.306 e. The second kappa shape index (κ2) is 51.4. The number of ether oxygens (including phenoxy) is 2. The highest BCUT2D eigenvalue weighted by atomic mass is 16.5. The van der Waals surface area contributed by atoms with Crippen LogP contribution < -0.4 is 11.6 Å². The van der Waals surface area contributed by atoms with Gasteiger partial charge in [-0.1, -0.05) is 272 Å². The van der Waals surface area contributed by atoms with Gasteiger partial charge < -0.3 is 35.1 Å². The molecule has 0 bridgehead atoms. The fraction of sp³-hybridized carbons (Fsp3) is 0.951. The third-order valence-corrected chi connectivity index (χ3v) is 23.8. The Morgan fingerprint density at radius 1 is 0.407 bits per heavy atom. The van der Waals surface area contributed by atoms with Crippen molar-refractivity contribution in [2.75, 3.05) is 45.8 Å². The van der Waals surface area contributed by atoms with Crippen LogP contribution in [0.5, 0.6) is 0 Å². The molecule has 5 N–H and O–H groups in total. The summed E-state index contributed by atoms with van der Waals surface area (Å²) in [5.41, 5.74) is 7.47. The van der Waals surface area contributed by atoms with Crippen molar-refractivity contribution in [1.29, 1.82) is 0 Å². The molecule has 0 radical (unpaired) electrons. The summed E-state index contributed by atoms with van der Waals surface area (Å²) >= 11 is 0. The Kier molecular flexibility index (Phi) is 45.0. The summed E-state index contributed by atoms with van der Waals surface area (Å²) < 4.78 is 12.7. The van der Waals surface area contributed by atoms with Gasteiger partial charge >= 0.3 is 11.9 Å². The molecule has 1 aliphatic heterocycles. The molecule has 4 saturated carbocycles. The second-order valence-electron chi connectivity index (χ2n) is 31.7. The average Bonchev–Trinajstić information content (AvgIpc) is 3.73. The summed E-state index contributed by atoms with van der Waals surface area (Å²) in [6, 6.07) is 0. The molecule has 532 valence electrons. The number of likely N-dealkylation sites (tertiary alicyclic amines) is 1. The summed E-state index contributed by atoms with van der Waals surface area (Å²) in [4.78, 5) is 31.9. The molecule has 4 aliphatic carbocycles. The molecular formula is C81H153N5O5. The molecule has 1 heterocycles. The minimum Gasteiger partial charge on any atom is -0.462 e. The molecule has 10 heteroatoms. The number of unbranched alkanes of at least 4 members (excludes halogenated alkanes) is 12. The number of aliphatic hydroxyl groups is 1. The first-order valence-electron chi connectivity index (χ1n) is 41.0. The van der Waals surface area contributed by atoms with Crippen LogP contribution in [-0.4, -0.2) is 96.0 Å². The number of esters is 2. The SMILES string of the molecule is CCCC1CCC(CCCCC(CCCCC2CCC(CCC)CC2)OC(=O)CCCCCCCN(CCCCCCCC(=O)OC(CCCCC2CCC(CCC)CC2)CCCCC2CCC(CCC)CC2)CC/C(N)=C/N(N)CCN2CCC(O)CC2)CC1. The Balaban J connectivity index is 1.000. The van der Waals surface area contributed by atoms with Crippen molar-refractivity contribution in [3.05, 3.63) is 11.9 Å². The monoisotopic (exact) mass is 1280 g/mol. The smallest absolute Gasteiger partial charge is 0.306 e. The highest BCUT2D eigenvalue weighted by molar-refractivity contribution is 5.69. The van der Waals surface area contributed by atoms with Crippen LogP contribution in [0.25, 0.3) is 0 Å². The van der Waals surface area contributed by atoms with Crippen LogP contribution in [-0.2, 0) is 19.1 Å². The summed E-state index contributed by atoms with van der Waals surface area (Å²) in [6.07, 6.45) is 70.0. The van der Waals surface area contributed by atoms with E-state index in [1.165, 1.54) is 244 Å². The first-order chi connectivity index (χ1) is 44.5. The number of rotatable bonds is 53. The molecule has 0 aromatic rings. The molecule has 5 fully saturated rings. The number of hydrogen-bond acceptors (Lipinski definition) is 10. The quantitative estimate of drug-likeness (QED) is 0.0234. The second-order valence-corrected chi connectivity index (χ2v) is 31.7. The zero-order valence-electron chi connectivity index (χ0n) is 60.8. The number of aliphatic hydroxyl groups excluding tert-OH is 1. The van der Waals surface area contributed by atoms with Gasteiger partial charge in [-0.3, -0.25) is 9.59 Å². The number of carbonyl (C=O) groups excluding carboxylic acids is 2. The number of carbonyl (C=O) groups is 2. The molecule has 10 nitrogen and oxygen atoms in total. The Hall–Kier alpha value is -1.88. The van der Waals surface area contributed by atoms with E-state index < -0.39 is 0 Å². The van der Waals surface area contributed by atoms with Crippen LogP contribution in [0.3, 0.4) is 0 Å². The van der Waals surface area contributed by atoms with Gasteiger partial charge in [-0.2, -0.15) is 0 Å². The summed E-state index contributed by atoms with van der Waals surface area (Å²) in [5.74, 6) is 14.1. The fourth-order valence-corrected chi connectivity index (χ4v) is 17.7. The van der Waals surface area contributed by atoms with E-state index in [1.54, 1.807) is 5.01 Å². The van der Waals surface area contributed by atoms with Crippen molar-refractivity contribution in [1.82, 2.24) is 14.8 Å². The van der Waals surface area contributed by atoms with Crippen molar-refractivity contribution in [3.63, 3.8) is 0 Å². The third-order valence-electron chi connectivity index (χ3n) is 23.8. The van der Waals surface area contributed by atoms with Crippen molar-refractivity contribution < 1.29 is 24.2 Å². The predicted octanol–water partition coefficient (Wildman–Crippen LogP) is 21.3. The molecule has 0 aromatic heterocycles. The maximum atomic E-state index is 13.4. The number of nitrogens with zero attached hydrogens (tertiary/aromatic N) is 3. The van der Waals surface area contributed by atoms with Gasteiger partial charge in [0.05, 0.1) is 6.10 Å². The molecule has 5 aliphatic rings. The molecule has 0 spiro atoms. The van der Waals surface area contributed by atoms with E-state index in [1.807, 2.05) is 6.20 Å². The van der Waals surface area contributed by atoms with Crippen molar-refractivity contribution in [2.24, 2.45) is 58.9 Å². The standard InChI is InChI=1S/C81H153N5O5/c1-5-27-68-41-49-72(50-42-68)31-17-21-35-78(36-22-18-32-73-51-43-69(28-6-2)44-52-73)90-80(88)39-15-11-9-13-25-60-84(62-57-76(82)67-86(83)66-65-85-63-58-77(87)59-64-85)61-26-14-10-12-16-40-81(89)91-79(37-23-19-33-74-53-45-70(29-7-3)46-54-74)38-24-20-34-75-55-47-71(30-8-4)48-56-75/h67-75,77-79,87H,5-66,82-83H2,1-4H3/b76-67-. The molecule has 91 heavy (non-hydrogen) atoms. The van der Waals surface area contributed by atoms with Crippen LogP contribution >= 0.6 is 0 Å². The molecule has 0 aromatic carbocycles. The Labute approximate surface area is 563 Å². The van der Waals surface area contributed by atoms with E-state index >= 15 is 0 Å². The fourth-order valence-electron chi connectivity index (χ4n) is 17.7. The van der Waals surface area contributed by atoms with E-state index in [0.29, 0.717) is 12.8 Å². The van der Waals surface area contributed by atoms with E-state index in [4.69, 9.17) is 21.1 Å². The summed E-state index contributed by atoms with van der Waals surface area (Å²) in [7, 11) is 0. The number of hydrazine groups is 1. The molecule has 0 atom stereocenters. The van der Waals surface area contributed by atoms with E-state index in [9.17, 15) is 14.7 Å². The molecule has 0 amide bonds. The van der Waals surface area contributed by atoms with Gasteiger partial charge in [-0.25, -0.2) is 5.84 Å². The first kappa shape index (κ1) is 79.8. The number of nitrogens with two attached hydrogens (primary N) is 2. The van der Waals surface area contributed by atoms with Crippen LogP contribution in [0.4, 0.5) is 0 Å². The lowest BCUT2D eigenvalue weighted by molar-refractivity contribution is -0.151. The highest BCUT2D eigenvalue weighted by Gasteiger charge is 2.26. The normalized spacial score (nSPS) is 24.6. The van der Waals surface area contributed by atoms with Gasteiger partial charge in [0.1, 0.15) is 12.2 Å². The molecule has 5 rings (SSSR count). The van der Waals surface area contributed by atoms with Crippen LogP contribution in [0.15, 0.2) is 11.9 Å². The lowest BCUT2D eigenvalue weighted by atomic mass is 9.78. The minimum atomic E-state index is -0.169. The topological polar surface area (TPSA) is 135 Å². The highest BCUT2D eigenvalue weighted by Crippen LogP contribution is 2.38. The van der Waals surface area contributed by atoms with Crippen LogP contribution in [0.1, 0.15) is 381 Å². The average molecular weight is 1280 g/mol. The zero-order chi connectivity index (χ0) is 64.8. The predicted molar refractivity (Wildman–Crippen MR) is 386 cm³/mol. The van der Waals surface area contributed by atoms with Gasteiger partial charge in [0, 0.05) is 63.9 Å². The van der Waals surface area contributed by atoms with E-state index in [-0.39, 0.29) is 30.3 Å². The summed E-state index contributed by atoms with van der Waals surface area (Å²) in [6.45, 7) is 15.8. The van der Waals surface area contributed by atoms with Gasteiger partial charge in [0.2, 0.25) is 0 Å². The summed E-state index contributed by atoms with van der Waals surface area (Å²) in [5, 5.41) is 11.7. The number of piperidine rings is 1. The van der Waals surface area contributed by atoms with Crippen molar-refractivity contribution >= 4 is 11.9 Å². The molecular weight excluding hydrogens is 1120 g/mol. The van der Waals surface area contributed by atoms with Gasteiger partial charge in [-0.15, -0.1) is 0 Å². The zero-order valence-corrected chi connectivity index (χ0v) is 60.8. The van der Waals surface area contributed by atoms with Gasteiger partial charge in [0.25, 0.3) is 0 Å². The molecule has 1 saturated heterocycles. The Morgan fingerprint density at radius 3 is 1.04 bits per heavy atom. The lowest BCUT2D eigenvalue weighted by Crippen LogP contribution is -2.41. The van der Waals surface area contributed by atoms with E-state index in [0.717, 1.165) is 195 Å². The van der Waals surface area contributed by atoms with Crippen molar-refractivity contribution in [3.8, 4) is 0 Å². The lowest BCUT2D eigenvalue weighted by Gasteiger charge is -2.30. The molecule has 0 unspecified atom stereocenters. The minimum absolute atomic E-state index is 0.0395. The van der Waals surface area contributed by atoms with Crippen LogP contribution in [0, 0.1) is 47.3 Å². The number of hydrogen-bond donors (Lipinski definition) is 3.